The van der Waals surface area contributed by atoms with Crippen molar-refractivity contribution in [3.8, 4) is 11.5 Å². The predicted octanol–water partition coefficient (Wildman–Crippen LogP) is 2.36. The molecule has 2 rings (SSSR count). The maximum absolute atomic E-state index is 11.0. The van der Waals surface area contributed by atoms with Gasteiger partial charge in [-0.15, -0.1) is 0 Å². The molecule has 1 aromatic carbocycles. The molecular weight excluding hydrogens is 270 g/mol. The Kier molecular flexibility index (Phi) is 5.07. The molecule has 0 saturated carbocycles. The second kappa shape index (κ2) is 6.80. The van der Waals surface area contributed by atoms with Gasteiger partial charge >= 0.3 is 5.97 Å². The molecule has 1 aliphatic heterocycles. The first-order valence-electron chi connectivity index (χ1n) is 7.25. The zero-order valence-electron chi connectivity index (χ0n) is 12.8. The fourth-order valence-electron chi connectivity index (χ4n) is 2.88. The molecule has 0 bridgehead atoms. The molecule has 1 unspecified atom stereocenters. The van der Waals surface area contributed by atoms with Gasteiger partial charge in [-0.3, -0.25) is 9.69 Å². The maximum Gasteiger partial charge on any atom is 0.320 e. The van der Waals surface area contributed by atoms with Gasteiger partial charge in [0.25, 0.3) is 0 Å². The summed E-state index contributed by atoms with van der Waals surface area (Å²) in [6, 6.07) is 5.62. The number of carboxylic acid groups (broad SMARTS) is 1. The van der Waals surface area contributed by atoms with Crippen molar-refractivity contribution >= 4 is 5.97 Å². The number of carbonyl (C=O) groups is 1. The first-order valence-corrected chi connectivity index (χ1v) is 7.25. The fourth-order valence-corrected chi connectivity index (χ4v) is 2.88. The molecule has 1 atom stereocenters. The van der Waals surface area contributed by atoms with Crippen LogP contribution in [0.15, 0.2) is 18.2 Å². The third-order valence-corrected chi connectivity index (χ3v) is 4.31. The van der Waals surface area contributed by atoms with E-state index in [9.17, 15) is 4.79 Å². The Morgan fingerprint density at radius 1 is 1.24 bits per heavy atom. The Hall–Kier alpha value is -1.75. The highest BCUT2D eigenvalue weighted by Crippen LogP contribution is 2.35. The molecule has 1 aromatic rings. The average Bonchev–Trinajstić information content (AvgIpc) is 2.53. The van der Waals surface area contributed by atoms with Crippen LogP contribution in [-0.4, -0.2) is 49.3 Å². The number of methoxy groups -OCH3 is 2. The lowest BCUT2D eigenvalue weighted by Gasteiger charge is -2.34. The van der Waals surface area contributed by atoms with Crippen LogP contribution in [-0.2, 0) is 4.79 Å². The van der Waals surface area contributed by atoms with Crippen molar-refractivity contribution in [2.75, 3.05) is 27.3 Å². The van der Waals surface area contributed by atoms with Crippen LogP contribution in [0.5, 0.6) is 11.5 Å². The first-order chi connectivity index (χ1) is 10.1. The van der Waals surface area contributed by atoms with E-state index in [1.165, 1.54) is 5.56 Å². The Morgan fingerprint density at radius 2 is 1.86 bits per heavy atom. The predicted molar refractivity (Wildman–Crippen MR) is 80.2 cm³/mol. The highest BCUT2D eigenvalue weighted by atomic mass is 16.5. The molecular formula is C16H23NO4. The van der Waals surface area contributed by atoms with Crippen molar-refractivity contribution in [3.63, 3.8) is 0 Å². The lowest BCUT2D eigenvalue weighted by atomic mass is 9.88. The van der Waals surface area contributed by atoms with Crippen LogP contribution in [0.2, 0.25) is 0 Å². The summed E-state index contributed by atoms with van der Waals surface area (Å²) in [4.78, 5) is 13.1. The lowest BCUT2D eigenvalue weighted by molar-refractivity contribution is -0.143. The molecule has 1 fully saturated rings. The van der Waals surface area contributed by atoms with E-state index in [-0.39, 0.29) is 0 Å². The molecule has 1 aliphatic rings. The van der Waals surface area contributed by atoms with Crippen molar-refractivity contribution in [1.82, 2.24) is 4.90 Å². The second-order valence-electron chi connectivity index (χ2n) is 5.44. The summed E-state index contributed by atoms with van der Waals surface area (Å²) in [6.45, 7) is 3.37. The van der Waals surface area contributed by atoms with Crippen LogP contribution in [0, 0.1) is 0 Å². The van der Waals surface area contributed by atoms with Gasteiger partial charge in [0.2, 0.25) is 0 Å². The summed E-state index contributed by atoms with van der Waals surface area (Å²) in [5.41, 5.74) is 1.23. The number of carboxylic acids is 1. The standard InChI is InChI=1S/C16H23NO4/c1-11(16(18)19)17-8-6-12(7-9-17)13-4-5-14(20-2)15(10-13)21-3/h4-5,10-12H,6-9H2,1-3H3,(H,18,19). The summed E-state index contributed by atoms with van der Waals surface area (Å²) in [6.07, 6.45) is 1.93. The normalized spacial score (nSPS) is 18.2. The van der Waals surface area contributed by atoms with Gasteiger partial charge in [-0.2, -0.15) is 0 Å². The second-order valence-corrected chi connectivity index (χ2v) is 5.44. The zero-order chi connectivity index (χ0) is 15.4. The van der Waals surface area contributed by atoms with Gasteiger partial charge in [0.1, 0.15) is 6.04 Å². The molecule has 0 amide bonds. The molecule has 1 N–H and O–H groups in total. The van der Waals surface area contributed by atoms with Crippen LogP contribution >= 0.6 is 0 Å². The first kappa shape index (κ1) is 15.6. The minimum absolute atomic E-state index is 0.406. The number of rotatable bonds is 5. The SMILES string of the molecule is COc1ccc(C2CCN(C(C)C(=O)O)CC2)cc1OC. The molecule has 0 radical (unpaired) electrons. The van der Waals surface area contributed by atoms with Crippen molar-refractivity contribution in [1.29, 1.82) is 0 Å². The number of piperidine rings is 1. The number of benzene rings is 1. The Morgan fingerprint density at radius 3 is 2.38 bits per heavy atom. The van der Waals surface area contributed by atoms with Gasteiger partial charge in [0.05, 0.1) is 14.2 Å². The summed E-state index contributed by atoms with van der Waals surface area (Å²) < 4.78 is 10.6. The molecule has 116 valence electrons. The number of ether oxygens (including phenoxy) is 2. The van der Waals surface area contributed by atoms with E-state index in [1.54, 1.807) is 21.1 Å². The van der Waals surface area contributed by atoms with Gasteiger partial charge in [0.15, 0.2) is 11.5 Å². The minimum Gasteiger partial charge on any atom is -0.493 e. The van der Waals surface area contributed by atoms with Gasteiger partial charge in [-0.05, 0) is 56.5 Å². The van der Waals surface area contributed by atoms with Gasteiger partial charge in [-0.1, -0.05) is 6.07 Å². The summed E-state index contributed by atoms with van der Waals surface area (Å²) in [5, 5.41) is 9.07. The number of aliphatic carboxylic acids is 1. The Labute approximate surface area is 125 Å². The molecule has 0 aromatic heterocycles. The molecule has 21 heavy (non-hydrogen) atoms. The zero-order valence-corrected chi connectivity index (χ0v) is 12.8. The average molecular weight is 293 g/mol. The number of nitrogens with zero attached hydrogens (tertiary/aromatic N) is 1. The van der Waals surface area contributed by atoms with E-state index in [0.717, 1.165) is 37.4 Å². The summed E-state index contributed by atoms with van der Waals surface area (Å²) in [7, 11) is 3.27. The summed E-state index contributed by atoms with van der Waals surface area (Å²) in [5.74, 6) is 1.18. The van der Waals surface area contributed by atoms with E-state index < -0.39 is 12.0 Å². The topological polar surface area (TPSA) is 59.0 Å². The highest BCUT2D eigenvalue weighted by Gasteiger charge is 2.27. The third-order valence-electron chi connectivity index (χ3n) is 4.31. The minimum atomic E-state index is -0.750. The van der Waals surface area contributed by atoms with Gasteiger partial charge < -0.3 is 14.6 Å². The number of hydrogen-bond donors (Lipinski definition) is 1. The molecule has 5 nitrogen and oxygen atoms in total. The fraction of sp³-hybridized carbons (Fsp3) is 0.562. The highest BCUT2D eigenvalue weighted by molar-refractivity contribution is 5.72. The monoisotopic (exact) mass is 293 g/mol. The number of hydrogen-bond acceptors (Lipinski definition) is 4. The lowest BCUT2D eigenvalue weighted by Crippen LogP contribution is -2.43. The third kappa shape index (κ3) is 3.47. The van der Waals surface area contributed by atoms with Crippen LogP contribution in [0.25, 0.3) is 0 Å². The Balaban J connectivity index is 2.04. The molecule has 1 saturated heterocycles. The van der Waals surface area contributed by atoms with E-state index in [2.05, 4.69) is 6.07 Å². The van der Waals surface area contributed by atoms with Crippen molar-refractivity contribution in [2.24, 2.45) is 0 Å². The van der Waals surface area contributed by atoms with Crippen LogP contribution in [0.3, 0.4) is 0 Å². The van der Waals surface area contributed by atoms with E-state index in [0.29, 0.717) is 5.92 Å². The van der Waals surface area contributed by atoms with Gasteiger partial charge in [-0.25, -0.2) is 0 Å². The molecule has 5 heteroatoms. The van der Waals surface area contributed by atoms with Crippen LogP contribution in [0.1, 0.15) is 31.2 Å². The number of likely N-dealkylation sites (tertiary alicyclic amines) is 1. The molecule has 1 heterocycles. The smallest absolute Gasteiger partial charge is 0.320 e. The maximum atomic E-state index is 11.0. The van der Waals surface area contributed by atoms with Crippen LogP contribution in [0.4, 0.5) is 0 Å². The quantitative estimate of drug-likeness (QED) is 0.903. The van der Waals surface area contributed by atoms with Crippen molar-refractivity contribution in [2.45, 2.75) is 31.7 Å². The van der Waals surface area contributed by atoms with Crippen molar-refractivity contribution in [3.05, 3.63) is 23.8 Å². The largest absolute Gasteiger partial charge is 0.493 e. The molecule has 0 spiro atoms. The van der Waals surface area contributed by atoms with E-state index in [1.807, 2.05) is 17.0 Å². The van der Waals surface area contributed by atoms with E-state index >= 15 is 0 Å². The van der Waals surface area contributed by atoms with E-state index in [4.69, 9.17) is 14.6 Å². The summed E-state index contributed by atoms with van der Waals surface area (Å²) >= 11 is 0. The van der Waals surface area contributed by atoms with Crippen molar-refractivity contribution < 1.29 is 19.4 Å². The van der Waals surface area contributed by atoms with Crippen LogP contribution < -0.4 is 9.47 Å². The molecule has 0 aliphatic carbocycles. The Bertz CT molecular complexity index is 495. The van der Waals surface area contributed by atoms with Gasteiger partial charge in [0, 0.05) is 0 Å².